The highest BCUT2D eigenvalue weighted by atomic mass is 16.7. The molecule has 0 radical (unpaired) electrons. The van der Waals surface area contributed by atoms with E-state index in [1.165, 1.54) is 7.11 Å². The minimum atomic E-state index is -0.810. The molecule has 0 aromatic heterocycles. The minimum absolute atomic E-state index is 0.108. The molecule has 0 aromatic rings. The van der Waals surface area contributed by atoms with Crippen molar-refractivity contribution in [1.29, 1.82) is 0 Å². The van der Waals surface area contributed by atoms with Gasteiger partial charge in [-0.25, -0.2) is 0 Å². The largest absolute Gasteiger partial charge is 0.391 e. The summed E-state index contributed by atoms with van der Waals surface area (Å²) in [6.45, 7) is 4.23. The summed E-state index contributed by atoms with van der Waals surface area (Å²) in [6.07, 6.45) is 0.930. The van der Waals surface area contributed by atoms with Crippen LogP contribution in [0.5, 0.6) is 0 Å². The van der Waals surface area contributed by atoms with Gasteiger partial charge in [0.25, 0.3) is 0 Å². The molecule has 0 aliphatic rings. The van der Waals surface area contributed by atoms with Gasteiger partial charge in [0.05, 0.1) is 6.61 Å². The van der Waals surface area contributed by atoms with Gasteiger partial charge in [-0.1, -0.05) is 6.92 Å². The Bertz CT molecular complexity index is 78.9. The van der Waals surface area contributed by atoms with Gasteiger partial charge < -0.3 is 14.6 Å². The summed E-state index contributed by atoms with van der Waals surface area (Å²) in [5.74, 6) is -0.810. The SMILES string of the molecule is CCCOC(C)(CO)OC. The van der Waals surface area contributed by atoms with Crippen molar-refractivity contribution in [3.8, 4) is 0 Å². The molecule has 1 N–H and O–H groups in total. The first kappa shape index (κ1) is 9.88. The third-order valence-electron chi connectivity index (χ3n) is 1.33. The number of aliphatic hydroxyl groups is 1. The van der Waals surface area contributed by atoms with Gasteiger partial charge in [0, 0.05) is 13.7 Å². The first-order valence-corrected chi connectivity index (χ1v) is 3.48. The first-order valence-electron chi connectivity index (χ1n) is 3.48. The van der Waals surface area contributed by atoms with Crippen molar-refractivity contribution in [2.45, 2.75) is 26.1 Å². The molecule has 1 atom stereocenters. The molecule has 3 nitrogen and oxygen atoms in total. The molecule has 0 amide bonds. The van der Waals surface area contributed by atoms with Crippen LogP contribution in [-0.2, 0) is 9.47 Å². The van der Waals surface area contributed by atoms with Crippen molar-refractivity contribution < 1.29 is 14.6 Å². The van der Waals surface area contributed by atoms with E-state index < -0.39 is 5.79 Å². The lowest BCUT2D eigenvalue weighted by Gasteiger charge is -2.25. The van der Waals surface area contributed by atoms with Crippen LogP contribution < -0.4 is 0 Å². The summed E-state index contributed by atoms with van der Waals surface area (Å²) in [7, 11) is 1.52. The topological polar surface area (TPSA) is 38.7 Å². The molecule has 0 saturated heterocycles. The van der Waals surface area contributed by atoms with E-state index in [9.17, 15) is 0 Å². The zero-order valence-corrected chi connectivity index (χ0v) is 6.89. The van der Waals surface area contributed by atoms with Crippen molar-refractivity contribution in [3.63, 3.8) is 0 Å². The number of hydrogen-bond acceptors (Lipinski definition) is 3. The van der Waals surface area contributed by atoms with Crippen LogP contribution in [-0.4, -0.2) is 31.2 Å². The van der Waals surface area contributed by atoms with Gasteiger partial charge >= 0.3 is 0 Å². The zero-order chi connectivity index (χ0) is 8.04. The maximum absolute atomic E-state index is 8.76. The van der Waals surface area contributed by atoms with Gasteiger partial charge in [0.15, 0.2) is 5.79 Å². The van der Waals surface area contributed by atoms with Gasteiger partial charge in [0.1, 0.15) is 0 Å². The summed E-state index contributed by atoms with van der Waals surface area (Å²) in [4.78, 5) is 0. The number of ether oxygens (including phenoxy) is 2. The Morgan fingerprint density at radius 2 is 2.10 bits per heavy atom. The molecule has 0 aliphatic heterocycles. The quantitative estimate of drug-likeness (QED) is 0.585. The molecular formula is C7H16O3. The van der Waals surface area contributed by atoms with Crippen LogP contribution in [0.2, 0.25) is 0 Å². The van der Waals surface area contributed by atoms with E-state index in [1.807, 2.05) is 6.92 Å². The monoisotopic (exact) mass is 148 g/mol. The van der Waals surface area contributed by atoms with E-state index in [1.54, 1.807) is 6.92 Å². The van der Waals surface area contributed by atoms with Crippen LogP contribution in [0.4, 0.5) is 0 Å². The predicted octanol–water partition coefficient (Wildman–Crippen LogP) is 0.768. The van der Waals surface area contributed by atoms with Crippen molar-refractivity contribution in [3.05, 3.63) is 0 Å². The molecule has 3 heteroatoms. The molecule has 1 unspecified atom stereocenters. The summed E-state index contributed by atoms with van der Waals surface area (Å²) in [5, 5.41) is 8.76. The fraction of sp³-hybridized carbons (Fsp3) is 1.00. The van der Waals surface area contributed by atoms with E-state index >= 15 is 0 Å². The van der Waals surface area contributed by atoms with Crippen LogP contribution >= 0.6 is 0 Å². The number of rotatable bonds is 5. The Kier molecular flexibility index (Phi) is 4.60. The molecule has 0 rings (SSSR count). The average Bonchev–Trinajstić information content (AvgIpc) is 2.00. The van der Waals surface area contributed by atoms with Crippen LogP contribution in [0, 0.1) is 0 Å². The molecule has 0 bridgehead atoms. The second-order valence-corrected chi connectivity index (χ2v) is 2.34. The molecule has 0 spiro atoms. The maximum atomic E-state index is 8.76. The Hall–Kier alpha value is -0.120. The smallest absolute Gasteiger partial charge is 0.188 e. The van der Waals surface area contributed by atoms with Gasteiger partial charge in [-0.3, -0.25) is 0 Å². The summed E-state index contributed by atoms with van der Waals surface area (Å²) in [6, 6.07) is 0. The molecule has 0 saturated carbocycles. The van der Waals surface area contributed by atoms with Crippen molar-refractivity contribution in [1.82, 2.24) is 0 Å². The third-order valence-corrected chi connectivity index (χ3v) is 1.33. The van der Waals surface area contributed by atoms with Gasteiger partial charge in [-0.2, -0.15) is 0 Å². The normalized spacial score (nSPS) is 16.8. The van der Waals surface area contributed by atoms with Crippen molar-refractivity contribution >= 4 is 0 Å². The van der Waals surface area contributed by atoms with E-state index in [-0.39, 0.29) is 6.61 Å². The fourth-order valence-electron chi connectivity index (χ4n) is 0.487. The molecule has 0 aromatic carbocycles. The second kappa shape index (κ2) is 4.66. The Balaban J connectivity index is 3.58. The highest BCUT2D eigenvalue weighted by Crippen LogP contribution is 2.09. The lowest BCUT2D eigenvalue weighted by Crippen LogP contribution is -2.35. The van der Waals surface area contributed by atoms with Crippen molar-refractivity contribution in [2.75, 3.05) is 20.3 Å². The van der Waals surface area contributed by atoms with Gasteiger partial charge in [-0.15, -0.1) is 0 Å². The minimum Gasteiger partial charge on any atom is -0.391 e. The van der Waals surface area contributed by atoms with Crippen LogP contribution in [0.1, 0.15) is 20.3 Å². The average molecular weight is 148 g/mol. The zero-order valence-electron chi connectivity index (χ0n) is 6.89. The fourth-order valence-corrected chi connectivity index (χ4v) is 0.487. The Morgan fingerprint density at radius 1 is 1.50 bits per heavy atom. The molecular weight excluding hydrogens is 132 g/mol. The highest BCUT2D eigenvalue weighted by molar-refractivity contribution is 4.58. The number of methoxy groups -OCH3 is 1. The lowest BCUT2D eigenvalue weighted by atomic mass is 10.3. The summed E-state index contributed by atoms with van der Waals surface area (Å²) < 4.78 is 10.1. The summed E-state index contributed by atoms with van der Waals surface area (Å²) in [5.41, 5.74) is 0. The van der Waals surface area contributed by atoms with E-state index in [4.69, 9.17) is 14.6 Å². The standard InChI is InChI=1S/C7H16O3/c1-4-5-10-7(2,6-8)9-3/h8H,4-6H2,1-3H3. The number of hydrogen-bond donors (Lipinski definition) is 1. The predicted molar refractivity (Wildman–Crippen MR) is 38.7 cm³/mol. The highest BCUT2D eigenvalue weighted by Gasteiger charge is 2.21. The lowest BCUT2D eigenvalue weighted by molar-refractivity contribution is -0.229. The number of aliphatic hydroxyl groups excluding tert-OH is 1. The van der Waals surface area contributed by atoms with Gasteiger partial charge in [0.2, 0.25) is 0 Å². The van der Waals surface area contributed by atoms with Gasteiger partial charge in [-0.05, 0) is 13.3 Å². The Labute approximate surface area is 62.0 Å². The molecule has 0 aliphatic carbocycles. The van der Waals surface area contributed by atoms with Crippen LogP contribution in [0.3, 0.4) is 0 Å². The maximum Gasteiger partial charge on any atom is 0.188 e. The molecule has 62 valence electrons. The van der Waals surface area contributed by atoms with Crippen molar-refractivity contribution in [2.24, 2.45) is 0 Å². The first-order chi connectivity index (χ1) is 4.68. The summed E-state index contributed by atoms with van der Waals surface area (Å²) >= 11 is 0. The van der Waals surface area contributed by atoms with E-state index in [2.05, 4.69) is 0 Å². The van der Waals surface area contributed by atoms with Crippen LogP contribution in [0.25, 0.3) is 0 Å². The molecule has 0 heterocycles. The third kappa shape index (κ3) is 3.15. The van der Waals surface area contributed by atoms with E-state index in [0.29, 0.717) is 6.61 Å². The molecule has 0 fully saturated rings. The van der Waals surface area contributed by atoms with Crippen LogP contribution in [0.15, 0.2) is 0 Å². The molecule has 10 heavy (non-hydrogen) atoms. The van der Waals surface area contributed by atoms with E-state index in [0.717, 1.165) is 6.42 Å². The second-order valence-electron chi connectivity index (χ2n) is 2.34. The Morgan fingerprint density at radius 3 is 2.40 bits per heavy atom.